The highest BCUT2D eigenvalue weighted by atomic mass is 16.5. The third-order valence-electron chi connectivity index (χ3n) is 8.05. The fraction of sp³-hybridized carbons (Fsp3) is 0.593. The highest BCUT2D eigenvalue weighted by molar-refractivity contribution is 5.77. The Morgan fingerprint density at radius 2 is 1.82 bits per heavy atom. The molecule has 7 heteroatoms. The first-order valence-electron chi connectivity index (χ1n) is 12.8. The molecule has 0 aliphatic carbocycles. The second-order valence-electron chi connectivity index (χ2n) is 10.2. The van der Waals surface area contributed by atoms with Gasteiger partial charge in [-0.2, -0.15) is 0 Å². The van der Waals surface area contributed by atoms with E-state index in [9.17, 15) is 4.79 Å². The van der Waals surface area contributed by atoms with Crippen molar-refractivity contribution in [3.8, 4) is 5.75 Å². The van der Waals surface area contributed by atoms with Crippen molar-refractivity contribution in [2.75, 3.05) is 31.6 Å². The summed E-state index contributed by atoms with van der Waals surface area (Å²) in [7, 11) is 1.68. The highest BCUT2D eigenvalue weighted by Crippen LogP contribution is 2.40. The Bertz CT molecular complexity index is 991. The maximum Gasteiger partial charge on any atom is 0.225 e. The number of fused-ring (bicyclic) bond motifs is 1. The molecule has 0 N–H and O–H groups in total. The van der Waals surface area contributed by atoms with Gasteiger partial charge in [-0.15, -0.1) is 0 Å². The maximum absolute atomic E-state index is 13.4. The van der Waals surface area contributed by atoms with Gasteiger partial charge in [0.2, 0.25) is 11.9 Å². The van der Waals surface area contributed by atoms with Crippen LogP contribution >= 0.6 is 0 Å². The van der Waals surface area contributed by atoms with Crippen molar-refractivity contribution < 1.29 is 9.53 Å². The summed E-state index contributed by atoms with van der Waals surface area (Å²) in [6, 6.07) is 10.5. The summed E-state index contributed by atoms with van der Waals surface area (Å²) in [4.78, 5) is 29.8. The quantitative estimate of drug-likeness (QED) is 0.645. The molecule has 3 aliphatic rings. The Morgan fingerprint density at radius 1 is 1.03 bits per heavy atom. The molecular formula is C27H37N5O2. The summed E-state index contributed by atoms with van der Waals surface area (Å²) >= 11 is 0. The molecule has 1 aromatic carbocycles. The zero-order valence-electron chi connectivity index (χ0n) is 20.6. The van der Waals surface area contributed by atoms with Crippen LogP contribution in [-0.2, 0) is 17.9 Å². The number of aromatic nitrogens is 2. The number of nitrogens with zero attached hydrogens (tertiary/aromatic N) is 5. The van der Waals surface area contributed by atoms with E-state index in [2.05, 4.69) is 44.8 Å². The van der Waals surface area contributed by atoms with Crippen molar-refractivity contribution in [2.45, 2.75) is 76.5 Å². The number of hydrogen-bond acceptors (Lipinski definition) is 6. The Kier molecular flexibility index (Phi) is 6.73. The minimum Gasteiger partial charge on any atom is -0.497 e. The van der Waals surface area contributed by atoms with Gasteiger partial charge in [-0.3, -0.25) is 9.69 Å². The van der Waals surface area contributed by atoms with Gasteiger partial charge < -0.3 is 14.5 Å². The SMILES string of the molecule is COc1ccc(CN2C(=O)CCCC[C@@H]3N(Cc4ccnc(N5CCCC5)n4)CC[C@@]32C)cc1. The molecule has 0 saturated carbocycles. The van der Waals surface area contributed by atoms with Crippen LogP contribution in [0.4, 0.5) is 5.95 Å². The molecule has 34 heavy (non-hydrogen) atoms. The monoisotopic (exact) mass is 463 g/mol. The van der Waals surface area contributed by atoms with Gasteiger partial charge >= 0.3 is 0 Å². The molecule has 1 amide bonds. The van der Waals surface area contributed by atoms with Crippen molar-refractivity contribution in [1.29, 1.82) is 0 Å². The van der Waals surface area contributed by atoms with Crippen LogP contribution in [0.2, 0.25) is 0 Å². The molecule has 5 rings (SSSR count). The molecule has 4 heterocycles. The Morgan fingerprint density at radius 3 is 2.59 bits per heavy atom. The van der Waals surface area contributed by atoms with Crippen LogP contribution in [-0.4, -0.2) is 64.0 Å². The molecule has 1 aromatic heterocycles. The molecule has 3 fully saturated rings. The number of rotatable bonds is 6. The number of benzene rings is 1. The van der Waals surface area contributed by atoms with E-state index in [0.29, 0.717) is 19.0 Å². The molecule has 0 radical (unpaired) electrons. The summed E-state index contributed by atoms with van der Waals surface area (Å²) in [5.41, 5.74) is 2.05. The average Bonchev–Trinajstić information content (AvgIpc) is 3.49. The first-order chi connectivity index (χ1) is 16.6. The van der Waals surface area contributed by atoms with Gasteiger partial charge in [0, 0.05) is 51.4 Å². The zero-order chi connectivity index (χ0) is 23.5. The summed E-state index contributed by atoms with van der Waals surface area (Å²) in [6.07, 6.45) is 9.16. The van der Waals surface area contributed by atoms with E-state index in [0.717, 1.165) is 74.8 Å². The average molecular weight is 464 g/mol. The fourth-order valence-electron chi connectivity index (χ4n) is 6.05. The van der Waals surface area contributed by atoms with E-state index in [1.807, 2.05) is 18.3 Å². The molecular weight excluding hydrogens is 426 g/mol. The first kappa shape index (κ1) is 23.1. The number of carbonyl (C=O) groups excluding carboxylic acids is 1. The van der Waals surface area contributed by atoms with Gasteiger partial charge in [-0.25, -0.2) is 9.97 Å². The number of hydrogen-bond donors (Lipinski definition) is 0. The van der Waals surface area contributed by atoms with E-state index < -0.39 is 0 Å². The summed E-state index contributed by atoms with van der Waals surface area (Å²) in [5, 5.41) is 0. The number of carbonyl (C=O) groups is 1. The van der Waals surface area contributed by atoms with Crippen LogP contribution in [0.15, 0.2) is 36.5 Å². The summed E-state index contributed by atoms with van der Waals surface area (Å²) < 4.78 is 5.32. The van der Waals surface area contributed by atoms with E-state index in [-0.39, 0.29) is 11.4 Å². The largest absolute Gasteiger partial charge is 0.497 e. The van der Waals surface area contributed by atoms with Gasteiger partial charge in [-0.05, 0) is 62.8 Å². The van der Waals surface area contributed by atoms with Crippen LogP contribution in [0.1, 0.15) is 63.1 Å². The summed E-state index contributed by atoms with van der Waals surface area (Å²) in [6.45, 7) is 6.85. The Balaban J connectivity index is 1.36. The van der Waals surface area contributed by atoms with Gasteiger partial charge in [0.15, 0.2) is 0 Å². The summed E-state index contributed by atoms with van der Waals surface area (Å²) in [5.74, 6) is 1.99. The van der Waals surface area contributed by atoms with Crippen LogP contribution in [0.3, 0.4) is 0 Å². The van der Waals surface area contributed by atoms with E-state index in [1.54, 1.807) is 7.11 Å². The lowest BCUT2D eigenvalue weighted by Crippen LogP contribution is -2.57. The number of anilines is 1. The maximum atomic E-state index is 13.4. The lowest BCUT2D eigenvalue weighted by atomic mass is 9.84. The van der Waals surface area contributed by atoms with Crippen LogP contribution in [0.5, 0.6) is 5.75 Å². The first-order valence-corrected chi connectivity index (χ1v) is 12.8. The molecule has 2 aromatic rings. The minimum absolute atomic E-state index is 0.178. The van der Waals surface area contributed by atoms with Gasteiger partial charge in [-0.1, -0.05) is 18.6 Å². The smallest absolute Gasteiger partial charge is 0.225 e. The highest BCUT2D eigenvalue weighted by Gasteiger charge is 2.49. The lowest BCUT2D eigenvalue weighted by Gasteiger charge is -2.46. The van der Waals surface area contributed by atoms with Crippen molar-refractivity contribution in [3.63, 3.8) is 0 Å². The number of ether oxygens (including phenoxy) is 1. The van der Waals surface area contributed by atoms with Gasteiger partial charge in [0.05, 0.1) is 18.3 Å². The number of likely N-dealkylation sites (tertiary alicyclic amines) is 2. The normalized spacial score (nSPS) is 25.8. The zero-order valence-corrected chi connectivity index (χ0v) is 20.6. The molecule has 182 valence electrons. The predicted molar refractivity (Wildman–Crippen MR) is 133 cm³/mol. The predicted octanol–water partition coefficient (Wildman–Crippen LogP) is 4.02. The minimum atomic E-state index is -0.178. The standard InChI is InChI=1S/C27H37N5O2/c1-27-14-18-31(20-22-13-15-28-26(29-22)30-16-5-6-17-30)24(27)7-3-4-8-25(33)32(27)19-21-9-11-23(34-2)12-10-21/h9-13,15,24H,3-8,14,16-20H2,1-2H3/t24-,27-/m0/s1. The number of amides is 1. The van der Waals surface area contributed by atoms with Crippen LogP contribution < -0.4 is 9.64 Å². The molecule has 3 aliphatic heterocycles. The Hall–Kier alpha value is -2.67. The number of methoxy groups -OCH3 is 1. The molecule has 0 unspecified atom stereocenters. The van der Waals surface area contributed by atoms with Crippen molar-refractivity contribution >= 4 is 11.9 Å². The van der Waals surface area contributed by atoms with Gasteiger partial charge in [0.25, 0.3) is 0 Å². The van der Waals surface area contributed by atoms with Crippen molar-refractivity contribution in [1.82, 2.24) is 19.8 Å². The lowest BCUT2D eigenvalue weighted by molar-refractivity contribution is -0.140. The topological polar surface area (TPSA) is 61.8 Å². The van der Waals surface area contributed by atoms with Crippen LogP contribution in [0.25, 0.3) is 0 Å². The molecule has 0 spiro atoms. The second-order valence-corrected chi connectivity index (χ2v) is 10.2. The second kappa shape index (κ2) is 9.90. The van der Waals surface area contributed by atoms with Gasteiger partial charge in [0.1, 0.15) is 5.75 Å². The molecule has 2 atom stereocenters. The van der Waals surface area contributed by atoms with Crippen molar-refractivity contribution in [2.24, 2.45) is 0 Å². The van der Waals surface area contributed by atoms with E-state index in [1.165, 1.54) is 12.8 Å². The van der Waals surface area contributed by atoms with Crippen molar-refractivity contribution in [3.05, 3.63) is 47.8 Å². The molecule has 7 nitrogen and oxygen atoms in total. The van der Waals surface area contributed by atoms with Crippen LogP contribution in [0, 0.1) is 0 Å². The van der Waals surface area contributed by atoms with E-state index in [4.69, 9.17) is 9.72 Å². The van der Waals surface area contributed by atoms with E-state index >= 15 is 0 Å². The third kappa shape index (κ3) is 4.63. The fourth-order valence-corrected chi connectivity index (χ4v) is 6.05. The third-order valence-corrected chi connectivity index (χ3v) is 8.05. The molecule has 0 bridgehead atoms. The Labute approximate surface area is 203 Å². The molecule has 3 saturated heterocycles.